The Bertz CT molecular complexity index is 573. The molecule has 0 rings (SSSR count). The summed E-state index contributed by atoms with van der Waals surface area (Å²) < 4.78 is 0. The van der Waals surface area contributed by atoms with Gasteiger partial charge in [0, 0.05) is 12.7 Å². The largest absolute Gasteiger partial charge is 0.480 e. The topological polar surface area (TPSA) is 177 Å². The Hall–Kier alpha value is -2.38. The lowest BCUT2D eigenvalue weighted by molar-refractivity contribution is -0.138. The summed E-state index contributed by atoms with van der Waals surface area (Å²) in [6.45, 7) is -0.00140. The lowest BCUT2D eigenvalue weighted by Gasteiger charge is -2.22. The van der Waals surface area contributed by atoms with Crippen LogP contribution in [0.4, 0.5) is 0 Å². The lowest BCUT2D eigenvalue weighted by atomic mass is 10.2. The first kappa shape index (κ1) is 25.6. The number of aliphatic hydroxyl groups excluding tert-OH is 1. The summed E-state index contributed by atoms with van der Waals surface area (Å²) in [5.74, 6) is -3.36. The average molecular weight is 421 g/mol. The summed E-state index contributed by atoms with van der Waals surface area (Å²) in [7, 11) is 3.31. The van der Waals surface area contributed by atoms with Gasteiger partial charge in [0.05, 0.1) is 19.0 Å². The molecule has 0 bridgehead atoms. The van der Waals surface area contributed by atoms with E-state index in [2.05, 4.69) is 21.3 Å². The number of hydrogen-bond donors (Lipinski definition) is 6. The highest BCUT2D eigenvalue weighted by Gasteiger charge is 2.26. The molecule has 0 radical (unpaired) electrons. The fraction of sp³-hybridized carbons (Fsp3) is 0.667. The van der Waals surface area contributed by atoms with Crippen LogP contribution < -0.4 is 21.3 Å². The lowest BCUT2D eigenvalue weighted by Crippen LogP contribution is -2.56. The number of amides is 4. The SMILES string of the molecule is CC(=O)NCSC[C@H](NC(=O)[C@H](CO)NC(=O)CN(C)C)C(=O)NCC(=O)O. The molecule has 0 spiro atoms. The maximum absolute atomic E-state index is 12.3. The van der Waals surface area contributed by atoms with Crippen molar-refractivity contribution < 1.29 is 34.2 Å². The van der Waals surface area contributed by atoms with Gasteiger partial charge in [0.2, 0.25) is 23.6 Å². The zero-order chi connectivity index (χ0) is 21.7. The van der Waals surface area contributed by atoms with Crippen molar-refractivity contribution in [2.45, 2.75) is 19.0 Å². The van der Waals surface area contributed by atoms with E-state index in [1.54, 1.807) is 19.0 Å². The number of carbonyl (C=O) groups excluding carboxylic acids is 4. The van der Waals surface area contributed by atoms with E-state index in [-0.39, 0.29) is 24.1 Å². The highest BCUT2D eigenvalue weighted by atomic mass is 32.2. The first-order valence-electron chi connectivity index (χ1n) is 8.23. The molecule has 0 fully saturated rings. The Morgan fingerprint density at radius 2 is 1.64 bits per heavy atom. The van der Waals surface area contributed by atoms with Crippen molar-refractivity contribution in [1.82, 2.24) is 26.2 Å². The van der Waals surface area contributed by atoms with Crippen molar-refractivity contribution in [1.29, 1.82) is 0 Å². The van der Waals surface area contributed by atoms with Gasteiger partial charge in [0.25, 0.3) is 0 Å². The zero-order valence-corrected chi connectivity index (χ0v) is 16.8. The molecular formula is C15H27N5O7S. The molecule has 0 aromatic rings. The summed E-state index contributed by atoms with van der Waals surface area (Å²) in [5.41, 5.74) is 0. The van der Waals surface area contributed by atoms with Gasteiger partial charge in [0.1, 0.15) is 18.6 Å². The maximum atomic E-state index is 12.3. The molecule has 6 N–H and O–H groups in total. The molecule has 2 atom stereocenters. The van der Waals surface area contributed by atoms with Gasteiger partial charge in [-0.25, -0.2) is 0 Å². The maximum Gasteiger partial charge on any atom is 0.322 e. The predicted molar refractivity (Wildman–Crippen MR) is 101 cm³/mol. The average Bonchev–Trinajstić information content (AvgIpc) is 2.58. The van der Waals surface area contributed by atoms with E-state index < -0.39 is 48.9 Å². The van der Waals surface area contributed by atoms with Crippen molar-refractivity contribution in [3.05, 3.63) is 0 Å². The highest BCUT2D eigenvalue weighted by Crippen LogP contribution is 2.02. The van der Waals surface area contributed by atoms with Gasteiger partial charge in [-0.2, -0.15) is 0 Å². The van der Waals surface area contributed by atoms with Crippen LogP contribution in [0.3, 0.4) is 0 Å². The molecule has 4 amide bonds. The van der Waals surface area contributed by atoms with E-state index in [4.69, 9.17) is 5.11 Å². The standard InChI is InChI=1S/C15H27N5O7S/c1-9(22)17-8-28-7-11(14(26)16-4-13(24)25)19-15(27)10(6-21)18-12(23)5-20(2)3/h10-11,21H,4-8H2,1-3H3,(H,16,26)(H,17,22)(H,18,23)(H,19,27)(H,24,25)/t10-,11-/m0/s1. The third-order valence-electron chi connectivity index (χ3n) is 3.05. The summed E-state index contributed by atoms with van der Waals surface area (Å²) in [4.78, 5) is 59.3. The number of nitrogens with zero attached hydrogens (tertiary/aromatic N) is 1. The van der Waals surface area contributed by atoms with Gasteiger partial charge in [0.15, 0.2) is 0 Å². The van der Waals surface area contributed by atoms with Crippen molar-refractivity contribution in [2.75, 3.05) is 45.4 Å². The molecule has 0 saturated heterocycles. The number of likely N-dealkylation sites (N-methyl/N-ethyl adjacent to an activating group) is 1. The number of nitrogens with one attached hydrogen (secondary N) is 4. The van der Waals surface area contributed by atoms with Crippen LogP contribution in [0.25, 0.3) is 0 Å². The Labute approximate surface area is 166 Å². The molecule has 0 aliphatic carbocycles. The normalized spacial score (nSPS) is 12.6. The minimum absolute atomic E-state index is 0.00112. The van der Waals surface area contributed by atoms with Gasteiger partial charge in [-0.3, -0.25) is 24.0 Å². The van der Waals surface area contributed by atoms with Crippen LogP contribution in [-0.2, 0) is 24.0 Å². The van der Waals surface area contributed by atoms with Crippen molar-refractivity contribution in [3.8, 4) is 0 Å². The molecule has 0 heterocycles. The molecule has 160 valence electrons. The van der Waals surface area contributed by atoms with Gasteiger partial charge in [-0.05, 0) is 14.1 Å². The van der Waals surface area contributed by atoms with E-state index >= 15 is 0 Å². The van der Waals surface area contributed by atoms with Gasteiger partial charge < -0.3 is 36.4 Å². The number of hydrogen-bond acceptors (Lipinski definition) is 8. The molecule has 0 aliphatic heterocycles. The van der Waals surface area contributed by atoms with E-state index in [0.29, 0.717) is 0 Å². The molecule has 0 saturated carbocycles. The molecule has 0 aromatic carbocycles. The summed E-state index contributed by atoms with van der Waals surface area (Å²) in [6.07, 6.45) is 0. The monoisotopic (exact) mass is 421 g/mol. The number of carbonyl (C=O) groups is 5. The van der Waals surface area contributed by atoms with Crippen LogP contribution >= 0.6 is 11.8 Å². The molecule has 0 aliphatic rings. The molecular weight excluding hydrogens is 394 g/mol. The van der Waals surface area contributed by atoms with Crippen molar-refractivity contribution >= 4 is 41.4 Å². The van der Waals surface area contributed by atoms with Crippen LogP contribution in [0.15, 0.2) is 0 Å². The third-order valence-corrected chi connectivity index (χ3v) is 3.97. The molecule has 28 heavy (non-hydrogen) atoms. The zero-order valence-electron chi connectivity index (χ0n) is 16.0. The fourth-order valence-corrected chi connectivity index (χ4v) is 2.69. The Morgan fingerprint density at radius 3 is 2.14 bits per heavy atom. The first-order chi connectivity index (χ1) is 13.1. The predicted octanol–water partition coefficient (Wildman–Crippen LogP) is -3.46. The second-order valence-corrected chi connectivity index (χ2v) is 6.99. The Kier molecular flexibility index (Phi) is 12.6. The smallest absolute Gasteiger partial charge is 0.322 e. The van der Waals surface area contributed by atoms with Gasteiger partial charge in [-0.15, -0.1) is 11.8 Å². The summed E-state index contributed by atoms with van der Waals surface area (Å²) >= 11 is 1.12. The molecule has 12 nitrogen and oxygen atoms in total. The number of thioether (sulfide) groups is 1. The summed E-state index contributed by atoms with van der Waals surface area (Å²) in [5, 5.41) is 27.4. The Balaban J connectivity index is 4.91. The highest BCUT2D eigenvalue weighted by molar-refractivity contribution is 7.99. The molecule has 0 aromatic heterocycles. The van der Waals surface area contributed by atoms with E-state index in [0.717, 1.165) is 11.8 Å². The fourth-order valence-electron chi connectivity index (χ4n) is 1.79. The van der Waals surface area contributed by atoms with Gasteiger partial charge >= 0.3 is 5.97 Å². The van der Waals surface area contributed by atoms with Crippen molar-refractivity contribution in [2.24, 2.45) is 0 Å². The number of aliphatic hydroxyl groups is 1. The minimum Gasteiger partial charge on any atom is -0.480 e. The van der Waals surface area contributed by atoms with Gasteiger partial charge in [-0.1, -0.05) is 0 Å². The number of carboxylic acids is 1. The number of aliphatic carboxylic acids is 1. The Morgan fingerprint density at radius 1 is 1.00 bits per heavy atom. The van der Waals surface area contributed by atoms with E-state index in [9.17, 15) is 29.1 Å². The minimum atomic E-state index is -1.28. The van der Waals surface area contributed by atoms with E-state index in [1.807, 2.05) is 0 Å². The van der Waals surface area contributed by atoms with E-state index in [1.165, 1.54) is 6.92 Å². The third kappa shape index (κ3) is 12.1. The second-order valence-electron chi connectivity index (χ2n) is 5.96. The van der Waals surface area contributed by atoms with Crippen molar-refractivity contribution in [3.63, 3.8) is 0 Å². The summed E-state index contributed by atoms with van der Waals surface area (Å²) in [6, 6.07) is -2.41. The quantitative estimate of drug-likeness (QED) is 0.130. The van der Waals surface area contributed by atoms with Crippen LogP contribution in [0.1, 0.15) is 6.92 Å². The molecule has 13 heteroatoms. The van der Waals surface area contributed by atoms with Crippen LogP contribution in [0.2, 0.25) is 0 Å². The number of rotatable bonds is 13. The van der Waals surface area contributed by atoms with Crippen LogP contribution in [-0.4, -0.2) is 102 Å². The van der Waals surface area contributed by atoms with Crippen LogP contribution in [0, 0.1) is 0 Å². The second kappa shape index (κ2) is 13.7. The number of carboxylic acid groups (broad SMARTS) is 1. The van der Waals surface area contributed by atoms with Crippen LogP contribution in [0.5, 0.6) is 0 Å². The first-order valence-corrected chi connectivity index (χ1v) is 9.39. The molecule has 0 unspecified atom stereocenters.